The van der Waals surface area contributed by atoms with E-state index in [4.69, 9.17) is 4.74 Å². The fourth-order valence-corrected chi connectivity index (χ4v) is 1.94. The maximum atomic E-state index is 12.9. The lowest BCUT2D eigenvalue weighted by Crippen LogP contribution is -2.10. The zero-order chi connectivity index (χ0) is 15.2. The predicted molar refractivity (Wildman–Crippen MR) is 80.6 cm³/mol. The molecule has 0 heterocycles. The normalized spacial score (nSPS) is 11.8. The molecule has 0 bridgehead atoms. The molecule has 108 valence electrons. The molecule has 0 saturated carbocycles. The van der Waals surface area contributed by atoms with E-state index in [9.17, 15) is 9.65 Å². The van der Waals surface area contributed by atoms with Gasteiger partial charge in [-0.2, -0.15) is 5.26 Å². The Morgan fingerprint density at radius 2 is 1.86 bits per heavy atom. The van der Waals surface area contributed by atoms with Crippen LogP contribution in [0, 0.1) is 17.1 Å². The zero-order valence-electron chi connectivity index (χ0n) is 12.0. The van der Waals surface area contributed by atoms with Crippen LogP contribution in [0.25, 0.3) is 0 Å². The molecule has 4 heteroatoms. The highest BCUT2D eigenvalue weighted by Gasteiger charge is 2.11. The van der Waals surface area contributed by atoms with Gasteiger partial charge in [-0.3, -0.25) is 0 Å². The number of nitriles is 1. The van der Waals surface area contributed by atoms with Crippen molar-refractivity contribution in [2.24, 2.45) is 0 Å². The molecule has 1 unspecified atom stereocenters. The number of nitrogens with one attached hydrogen (secondary N) is 1. The van der Waals surface area contributed by atoms with Crippen molar-refractivity contribution < 1.29 is 9.13 Å². The number of anilines is 1. The summed E-state index contributed by atoms with van der Waals surface area (Å²) >= 11 is 0. The van der Waals surface area contributed by atoms with Gasteiger partial charge in [0.2, 0.25) is 0 Å². The molecule has 0 fully saturated rings. The molecule has 2 rings (SSSR count). The zero-order valence-corrected chi connectivity index (χ0v) is 12.0. The number of rotatable bonds is 5. The number of halogens is 1. The lowest BCUT2D eigenvalue weighted by atomic mass is 10.1. The van der Waals surface area contributed by atoms with E-state index in [1.807, 2.05) is 38.1 Å². The van der Waals surface area contributed by atoms with E-state index in [-0.39, 0.29) is 11.9 Å². The van der Waals surface area contributed by atoms with Crippen molar-refractivity contribution in [2.45, 2.75) is 26.0 Å². The van der Waals surface area contributed by atoms with Gasteiger partial charge in [-0.05, 0) is 55.8 Å². The smallest absolute Gasteiger partial charge is 0.140 e. The first-order valence-corrected chi connectivity index (χ1v) is 6.77. The van der Waals surface area contributed by atoms with Crippen LogP contribution in [-0.2, 0) is 0 Å². The second kappa shape index (κ2) is 6.76. The molecule has 0 aliphatic rings. The molecular weight excluding hydrogens is 267 g/mol. The number of nitrogens with zero attached hydrogens (tertiary/aromatic N) is 1. The van der Waals surface area contributed by atoms with Crippen LogP contribution in [0.2, 0.25) is 0 Å². The van der Waals surface area contributed by atoms with Crippen LogP contribution in [0.3, 0.4) is 0 Å². The SMILES string of the molecule is CC(C)Oc1cccc(C(C#N)Nc2ccc(F)cc2)c1. The maximum Gasteiger partial charge on any atom is 0.140 e. The van der Waals surface area contributed by atoms with Crippen molar-refractivity contribution in [1.82, 2.24) is 0 Å². The third-order valence-corrected chi connectivity index (χ3v) is 2.85. The van der Waals surface area contributed by atoms with Crippen molar-refractivity contribution in [3.8, 4) is 11.8 Å². The third kappa shape index (κ3) is 4.22. The Morgan fingerprint density at radius 3 is 2.48 bits per heavy atom. The number of hydrogen-bond donors (Lipinski definition) is 1. The second-order valence-electron chi connectivity index (χ2n) is 4.95. The van der Waals surface area contributed by atoms with Gasteiger partial charge in [-0.15, -0.1) is 0 Å². The highest BCUT2D eigenvalue weighted by molar-refractivity contribution is 5.48. The van der Waals surface area contributed by atoms with Gasteiger partial charge in [0.05, 0.1) is 12.2 Å². The van der Waals surface area contributed by atoms with E-state index < -0.39 is 6.04 Å². The van der Waals surface area contributed by atoms with Gasteiger partial charge in [0.1, 0.15) is 17.6 Å². The first-order valence-electron chi connectivity index (χ1n) is 6.77. The molecule has 0 radical (unpaired) electrons. The highest BCUT2D eigenvalue weighted by Crippen LogP contribution is 2.23. The van der Waals surface area contributed by atoms with Gasteiger partial charge in [-0.25, -0.2) is 4.39 Å². The van der Waals surface area contributed by atoms with E-state index in [2.05, 4.69) is 11.4 Å². The van der Waals surface area contributed by atoms with Gasteiger partial charge >= 0.3 is 0 Å². The summed E-state index contributed by atoms with van der Waals surface area (Å²) in [5, 5.41) is 12.4. The molecule has 1 N–H and O–H groups in total. The molecule has 0 aliphatic carbocycles. The number of hydrogen-bond acceptors (Lipinski definition) is 3. The Hall–Kier alpha value is -2.54. The lowest BCUT2D eigenvalue weighted by molar-refractivity contribution is 0.242. The summed E-state index contributed by atoms with van der Waals surface area (Å²) in [5.41, 5.74) is 1.50. The molecular formula is C17H17FN2O. The molecule has 2 aromatic rings. The number of benzene rings is 2. The van der Waals surface area contributed by atoms with Gasteiger partial charge < -0.3 is 10.1 Å². The third-order valence-electron chi connectivity index (χ3n) is 2.85. The molecule has 0 spiro atoms. The summed E-state index contributed by atoms with van der Waals surface area (Å²) in [6.45, 7) is 3.90. The summed E-state index contributed by atoms with van der Waals surface area (Å²) in [6.07, 6.45) is 0.0749. The fraction of sp³-hybridized carbons (Fsp3) is 0.235. The molecule has 0 aliphatic heterocycles. The van der Waals surface area contributed by atoms with Crippen LogP contribution in [-0.4, -0.2) is 6.10 Å². The van der Waals surface area contributed by atoms with Gasteiger partial charge in [0.15, 0.2) is 0 Å². The maximum absolute atomic E-state index is 12.9. The highest BCUT2D eigenvalue weighted by atomic mass is 19.1. The Balaban J connectivity index is 2.17. The monoisotopic (exact) mass is 284 g/mol. The van der Waals surface area contributed by atoms with Crippen LogP contribution in [0.15, 0.2) is 48.5 Å². The Morgan fingerprint density at radius 1 is 1.14 bits per heavy atom. The summed E-state index contributed by atoms with van der Waals surface area (Å²) in [4.78, 5) is 0. The molecule has 3 nitrogen and oxygen atoms in total. The summed E-state index contributed by atoms with van der Waals surface area (Å²) in [6, 6.07) is 15.0. The first-order chi connectivity index (χ1) is 10.1. The van der Waals surface area contributed by atoms with Crippen molar-refractivity contribution in [3.05, 3.63) is 59.9 Å². The van der Waals surface area contributed by atoms with Crippen molar-refractivity contribution >= 4 is 5.69 Å². The van der Waals surface area contributed by atoms with Crippen LogP contribution < -0.4 is 10.1 Å². The Labute approximate surface area is 124 Å². The minimum Gasteiger partial charge on any atom is -0.491 e. The topological polar surface area (TPSA) is 45.0 Å². The lowest BCUT2D eigenvalue weighted by Gasteiger charge is -2.15. The molecule has 0 saturated heterocycles. The largest absolute Gasteiger partial charge is 0.491 e. The molecule has 0 amide bonds. The average Bonchev–Trinajstić information content (AvgIpc) is 2.46. The molecule has 1 atom stereocenters. The second-order valence-corrected chi connectivity index (χ2v) is 4.95. The van der Waals surface area contributed by atoms with E-state index in [1.165, 1.54) is 12.1 Å². The molecule has 0 aromatic heterocycles. The van der Waals surface area contributed by atoms with Crippen LogP contribution in [0.4, 0.5) is 10.1 Å². The Kier molecular flexibility index (Phi) is 4.78. The van der Waals surface area contributed by atoms with Gasteiger partial charge in [0.25, 0.3) is 0 Å². The quantitative estimate of drug-likeness (QED) is 0.890. The van der Waals surface area contributed by atoms with Crippen LogP contribution >= 0.6 is 0 Å². The fourth-order valence-electron chi connectivity index (χ4n) is 1.94. The number of ether oxygens (including phenoxy) is 1. The van der Waals surface area contributed by atoms with Gasteiger partial charge in [0, 0.05) is 5.69 Å². The van der Waals surface area contributed by atoms with E-state index >= 15 is 0 Å². The average molecular weight is 284 g/mol. The van der Waals surface area contributed by atoms with Crippen molar-refractivity contribution in [1.29, 1.82) is 5.26 Å². The van der Waals surface area contributed by atoms with E-state index in [0.29, 0.717) is 5.69 Å². The van der Waals surface area contributed by atoms with Gasteiger partial charge in [-0.1, -0.05) is 12.1 Å². The molecule has 21 heavy (non-hydrogen) atoms. The summed E-state index contributed by atoms with van der Waals surface area (Å²) in [5.74, 6) is 0.421. The van der Waals surface area contributed by atoms with E-state index in [0.717, 1.165) is 11.3 Å². The Bertz CT molecular complexity index is 632. The standard InChI is InChI=1S/C17H17FN2O/c1-12(2)21-16-5-3-4-13(10-16)17(11-19)20-15-8-6-14(18)7-9-15/h3-10,12,17,20H,1-2H3. The van der Waals surface area contributed by atoms with E-state index in [1.54, 1.807) is 12.1 Å². The van der Waals surface area contributed by atoms with Crippen molar-refractivity contribution in [2.75, 3.05) is 5.32 Å². The molecule has 2 aromatic carbocycles. The van der Waals surface area contributed by atoms with Crippen LogP contribution in [0.1, 0.15) is 25.5 Å². The first kappa shape index (κ1) is 14.9. The minimum atomic E-state index is -0.522. The summed E-state index contributed by atoms with van der Waals surface area (Å²) < 4.78 is 18.5. The predicted octanol–water partition coefficient (Wildman–Crippen LogP) is 4.29. The van der Waals surface area contributed by atoms with Crippen LogP contribution in [0.5, 0.6) is 5.75 Å². The van der Waals surface area contributed by atoms with Crippen molar-refractivity contribution in [3.63, 3.8) is 0 Å². The minimum absolute atomic E-state index is 0.0749. The summed E-state index contributed by atoms with van der Waals surface area (Å²) in [7, 11) is 0.